The maximum atomic E-state index is 13.2. The molecule has 1 aliphatic heterocycles. The van der Waals surface area contributed by atoms with Crippen LogP contribution >= 0.6 is 11.6 Å². The van der Waals surface area contributed by atoms with E-state index in [1.807, 2.05) is 24.3 Å². The van der Waals surface area contributed by atoms with Gasteiger partial charge in [0.25, 0.3) is 0 Å². The summed E-state index contributed by atoms with van der Waals surface area (Å²) in [6.07, 6.45) is 0.739. The number of nitrogens with two attached hydrogens (primary N) is 1. The molecular weight excluding hydrogens is 329 g/mol. The second kappa shape index (κ2) is 5.79. The predicted molar refractivity (Wildman–Crippen MR) is 91.4 cm³/mol. The lowest BCUT2D eigenvalue weighted by Crippen LogP contribution is -2.28. The van der Waals surface area contributed by atoms with Crippen LogP contribution in [0.4, 0.5) is 16.3 Å². The molecule has 0 radical (unpaired) electrons. The van der Waals surface area contributed by atoms with Gasteiger partial charge >= 0.3 is 0 Å². The molecule has 0 bridgehead atoms. The Kier molecular flexibility index (Phi) is 3.61. The van der Waals surface area contributed by atoms with Gasteiger partial charge in [-0.25, -0.2) is 9.07 Å². The van der Waals surface area contributed by atoms with Crippen molar-refractivity contribution in [3.8, 4) is 0 Å². The van der Waals surface area contributed by atoms with E-state index in [2.05, 4.69) is 15.4 Å². The van der Waals surface area contributed by atoms with Gasteiger partial charge in [0.05, 0.1) is 12.1 Å². The Bertz CT molecular complexity index is 860. The fraction of sp³-hybridized carbons (Fsp3) is 0.176. The fourth-order valence-corrected chi connectivity index (χ4v) is 3.20. The molecule has 1 aliphatic rings. The van der Waals surface area contributed by atoms with E-state index in [4.69, 9.17) is 17.3 Å². The Balaban J connectivity index is 1.74. The van der Waals surface area contributed by atoms with Crippen molar-refractivity contribution in [3.05, 3.63) is 70.5 Å². The number of hydrogen-bond donors (Lipinski definition) is 2. The van der Waals surface area contributed by atoms with Crippen molar-refractivity contribution < 1.29 is 4.39 Å². The third kappa shape index (κ3) is 2.69. The Hall–Kier alpha value is -2.60. The largest absolute Gasteiger partial charge is 0.366 e. The number of benzene rings is 2. The van der Waals surface area contributed by atoms with Gasteiger partial charge in [0.2, 0.25) is 11.9 Å². The summed E-state index contributed by atoms with van der Waals surface area (Å²) in [5, 5.41) is 8.31. The summed E-state index contributed by atoms with van der Waals surface area (Å²) in [5.74, 6) is 0.570. The Morgan fingerprint density at radius 2 is 1.75 bits per heavy atom. The van der Waals surface area contributed by atoms with Crippen LogP contribution in [0.2, 0.25) is 5.02 Å². The van der Waals surface area contributed by atoms with Gasteiger partial charge in [0.15, 0.2) is 0 Å². The lowest BCUT2D eigenvalue weighted by Gasteiger charge is -2.31. The standard InChI is InChI=1S/C17H15ClFN5/c18-12-5-1-11(2-6-12)15-9-14(10-3-7-13(19)8-4-10)21-17-22-16(20)23-24(15)17/h1-8,14-15H,9H2,(H3,20,21,22,23)/t14-,15+/m0/s1. The summed E-state index contributed by atoms with van der Waals surface area (Å²) in [6, 6.07) is 14.1. The van der Waals surface area contributed by atoms with Crippen LogP contribution in [-0.2, 0) is 0 Å². The topological polar surface area (TPSA) is 68.8 Å². The SMILES string of the molecule is Nc1nc2n(n1)[C@@H](c1ccc(Cl)cc1)C[C@@H](c1ccc(F)cc1)N2. The highest BCUT2D eigenvalue weighted by molar-refractivity contribution is 6.30. The molecule has 0 saturated carbocycles. The van der Waals surface area contributed by atoms with Crippen molar-refractivity contribution in [3.63, 3.8) is 0 Å². The zero-order chi connectivity index (χ0) is 16.7. The van der Waals surface area contributed by atoms with Crippen LogP contribution in [0.5, 0.6) is 0 Å². The molecule has 3 aromatic rings. The molecule has 7 heteroatoms. The van der Waals surface area contributed by atoms with Crippen LogP contribution in [0.3, 0.4) is 0 Å². The van der Waals surface area contributed by atoms with Gasteiger partial charge in [-0.3, -0.25) is 0 Å². The van der Waals surface area contributed by atoms with Crippen LogP contribution in [0, 0.1) is 5.82 Å². The van der Waals surface area contributed by atoms with E-state index < -0.39 is 0 Å². The smallest absolute Gasteiger partial charge is 0.241 e. The number of fused-ring (bicyclic) bond motifs is 1. The second-order valence-corrected chi connectivity index (χ2v) is 6.23. The molecular formula is C17H15ClFN5. The first-order valence-electron chi connectivity index (χ1n) is 7.59. The number of halogens is 2. The zero-order valence-electron chi connectivity index (χ0n) is 12.7. The van der Waals surface area contributed by atoms with E-state index in [1.54, 1.807) is 16.8 Å². The molecule has 0 spiro atoms. The number of hydrogen-bond acceptors (Lipinski definition) is 4. The average molecular weight is 344 g/mol. The van der Waals surface area contributed by atoms with E-state index >= 15 is 0 Å². The van der Waals surface area contributed by atoms with Crippen LogP contribution in [0.15, 0.2) is 48.5 Å². The van der Waals surface area contributed by atoms with Gasteiger partial charge in [-0.1, -0.05) is 35.9 Å². The summed E-state index contributed by atoms with van der Waals surface area (Å²) in [4.78, 5) is 4.26. The van der Waals surface area contributed by atoms with Crippen LogP contribution in [0.1, 0.15) is 29.6 Å². The molecule has 5 nitrogen and oxygen atoms in total. The number of anilines is 2. The number of nitrogen functional groups attached to an aromatic ring is 1. The summed E-state index contributed by atoms with van der Waals surface area (Å²) >= 11 is 5.99. The number of nitrogens with zero attached hydrogens (tertiary/aromatic N) is 3. The Morgan fingerprint density at radius 3 is 2.46 bits per heavy atom. The number of nitrogens with one attached hydrogen (secondary N) is 1. The van der Waals surface area contributed by atoms with Crippen molar-refractivity contribution in [2.24, 2.45) is 0 Å². The highest BCUT2D eigenvalue weighted by Crippen LogP contribution is 2.38. The van der Waals surface area contributed by atoms with E-state index in [-0.39, 0.29) is 23.8 Å². The summed E-state index contributed by atoms with van der Waals surface area (Å²) in [5.41, 5.74) is 7.83. The third-order valence-electron chi connectivity index (χ3n) is 4.23. The summed E-state index contributed by atoms with van der Waals surface area (Å²) < 4.78 is 15.0. The minimum Gasteiger partial charge on any atom is -0.366 e. The van der Waals surface area contributed by atoms with Gasteiger partial charge in [-0.05, 0) is 41.8 Å². The van der Waals surface area contributed by atoms with Crippen LogP contribution in [0.25, 0.3) is 0 Å². The van der Waals surface area contributed by atoms with Crippen LogP contribution < -0.4 is 11.1 Å². The molecule has 3 N–H and O–H groups in total. The lowest BCUT2D eigenvalue weighted by molar-refractivity contribution is 0.431. The van der Waals surface area contributed by atoms with Crippen molar-refractivity contribution >= 4 is 23.5 Å². The lowest BCUT2D eigenvalue weighted by atomic mass is 9.93. The van der Waals surface area contributed by atoms with Gasteiger partial charge in [0, 0.05) is 5.02 Å². The molecule has 4 rings (SSSR count). The first kappa shape index (κ1) is 15.0. The predicted octanol–water partition coefficient (Wildman–Crippen LogP) is 3.80. The van der Waals surface area contributed by atoms with Crippen molar-refractivity contribution in [1.29, 1.82) is 0 Å². The van der Waals surface area contributed by atoms with E-state index in [1.165, 1.54) is 12.1 Å². The third-order valence-corrected chi connectivity index (χ3v) is 4.48. The van der Waals surface area contributed by atoms with Gasteiger partial charge in [-0.15, -0.1) is 5.10 Å². The maximum Gasteiger partial charge on any atom is 0.241 e. The summed E-state index contributed by atoms with van der Waals surface area (Å²) in [6.45, 7) is 0. The molecule has 0 saturated heterocycles. The molecule has 24 heavy (non-hydrogen) atoms. The van der Waals surface area contributed by atoms with Gasteiger partial charge in [0.1, 0.15) is 5.82 Å². The van der Waals surface area contributed by atoms with E-state index in [0.717, 1.165) is 17.5 Å². The van der Waals surface area contributed by atoms with Crippen molar-refractivity contribution in [2.75, 3.05) is 11.1 Å². The molecule has 122 valence electrons. The normalized spacial score (nSPS) is 19.6. The Labute approximate surface area is 143 Å². The summed E-state index contributed by atoms with van der Waals surface area (Å²) in [7, 11) is 0. The average Bonchev–Trinajstić information content (AvgIpc) is 2.95. The van der Waals surface area contributed by atoms with Crippen molar-refractivity contribution in [2.45, 2.75) is 18.5 Å². The molecule has 2 heterocycles. The van der Waals surface area contributed by atoms with E-state index in [9.17, 15) is 4.39 Å². The Morgan fingerprint density at radius 1 is 1.08 bits per heavy atom. The molecule has 2 aromatic carbocycles. The van der Waals surface area contributed by atoms with Crippen LogP contribution in [-0.4, -0.2) is 14.8 Å². The van der Waals surface area contributed by atoms with Gasteiger partial charge in [-0.2, -0.15) is 4.98 Å². The number of rotatable bonds is 2. The quantitative estimate of drug-likeness (QED) is 0.742. The van der Waals surface area contributed by atoms with Crippen molar-refractivity contribution in [1.82, 2.24) is 14.8 Å². The highest BCUT2D eigenvalue weighted by Gasteiger charge is 2.30. The minimum absolute atomic E-state index is 0.0117. The molecule has 0 unspecified atom stereocenters. The van der Waals surface area contributed by atoms with E-state index in [0.29, 0.717) is 11.0 Å². The molecule has 0 aliphatic carbocycles. The molecule has 0 fully saturated rings. The minimum atomic E-state index is -0.253. The molecule has 2 atom stereocenters. The molecule has 0 amide bonds. The fourth-order valence-electron chi connectivity index (χ4n) is 3.07. The zero-order valence-corrected chi connectivity index (χ0v) is 13.4. The number of aromatic nitrogens is 3. The monoisotopic (exact) mass is 343 g/mol. The second-order valence-electron chi connectivity index (χ2n) is 5.79. The van der Waals surface area contributed by atoms with Gasteiger partial charge < -0.3 is 11.1 Å². The first-order valence-corrected chi connectivity index (χ1v) is 7.97. The first-order chi connectivity index (χ1) is 11.6. The maximum absolute atomic E-state index is 13.2. The molecule has 1 aromatic heterocycles. The highest BCUT2D eigenvalue weighted by atomic mass is 35.5.